The summed E-state index contributed by atoms with van der Waals surface area (Å²) in [5.74, 6) is 9.04. The zero-order chi connectivity index (χ0) is 12.8. The van der Waals surface area contributed by atoms with Crippen LogP contribution in [0.25, 0.3) is 0 Å². The van der Waals surface area contributed by atoms with Crippen molar-refractivity contribution in [2.75, 3.05) is 11.2 Å². The average molecular weight is 254 g/mol. The van der Waals surface area contributed by atoms with Crippen LogP contribution in [0.2, 0.25) is 0 Å². The summed E-state index contributed by atoms with van der Waals surface area (Å²) in [6.45, 7) is 8.62. The lowest BCUT2D eigenvalue weighted by Crippen LogP contribution is -2.11. The Labute approximate surface area is 108 Å². The molecule has 1 aromatic rings. The SMILES string of the molecule is CCC(C)CSc1cc(NN)nc(C(C)C)n1. The molecule has 3 N–H and O–H groups in total. The van der Waals surface area contributed by atoms with Gasteiger partial charge in [0.2, 0.25) is 0 Å². The third-order valence-electron chi connectivity index (χ3n) is 2.60. The smallest absolute Gasteiger partial charge is 0.144 e. The fourth-order valence-electron chi connectivity index (χ4n) is 1.19. The van der Waals surface area contributed by atoms with E-state index in [0.29, 0.717) is 17.7 Å². The Bertz CT molecular complexity index is 354. The van der Waals surface area contributed by atoms with Crippen molar-refractivity contribution in [2.24, 2.45) is 11.8 Å². The van der Waals surface area contributed by atoms with Gasteiger partial charge in [-0.3, -0.25) is 0 Å². The van der Waals surface area contributed by atoms with Gasteiger partial charge in [-0.2, -0.15) is 0 Å². The molecule has 0 aliphatic rings. The van der Waals surface area contributed by atoms with Crippen LogP contribution in [0.3, 0.4) is 0 Å². The standard InChI is InChI=1S/C12H22N4S/c1-5-9(4)7-17-11-6-10(16-13)14-12(15-11)8(2)3/h6,8-9H,5,7,13H2,1-4H3,(H,14,15,16). The summed E-state index contributed by atoms with van der Waals surface area (Å²) in [5, 5.41) is 0.997. The number of nitrogens with zero attached hydrogens (tertiary/aromatic N) is 2. The number of aromatic nitrogens is 2. The van der Waals surface area contributed by atoms with E-state index in [4.69, 9.17) is 5.84 Å². The molecule has 1 atom stereocenters. The molecule has 0 radical (unpaired) electrons. The Balaban J connectivity index is 2.80. The molecule has 1 rings (SSSR count). The van der Waals surface area contributed by atoms with Gasteiger partial charge in [0, 0.05) is 17.7 Å². The first-order valence-corrected chi connectivity index (χ1v) is 7.03. The van der Waals surface area contributed by atoms with Crippen LogP contribution in [0.5, 0.6) is 0 Å². The van der Waals surface area contributed by atoms with Crippen molar-refractivity contribution < 1.29 is 0 Å². The minimum Gasteiger partial charge on any atom is -0.308 e. The molecule has 0 aromatic carbocycles. The van der Waals surface area contributed by atoms with Gasteiger partial charge >= 0.3 is 0 Å². The van der Waals surface area contributed by atoms with Crippen LogP contribution in [0, 0.1) is 5.92 Å². The van der Waals surface area contributed by atoms with E-state index in [1.54, 1.807) is 11.8 Å². The number of nitrogen functional groups attached to an aromatic ring is 1. The minimum absolute atomic E-state index is 0.311. The number of nitrogens with one attached hydrogen (secondary N) is 1. The molecule has 17 heavy (non-hydrogen) atoms. The monoisotopic (exact) mass is 254 g/mol. The molecule has 0 aliphatic carbocycles. The van der Waals surface area contributed by atoms with E-state index < -0.39 is 0 Å². The van der Waals surface area contributed by atoms with Crippen molar-refractivity contribution in [3.63, 3.8) is 0 Å². The summed E-state index contributed by atoms with van der Waals surface area (Å²) >= 11 is 1.77. The fourth-order valence-corrected chi connectivity index (χ4v) is 2.24. The molecule has 0 spiro atoms. The second-order valence-electron chi connectivity index (χ2n) is 4.57. The van der Waals surface area contributed by atoms with E-state index >= 15 is 0 Å². The zero-order valence-corrected chi connectivity index (χ0v) is 11.8. The number of nitrogens with two attached hydrogens (primary N) is 1. The molecule has 4 nitrogen and oxygen atoms in total. The number of hydrogen-bond acceptors (Lipinski definition) is 5. The summed E-state index contributed by atoms with van der Waals surface area (Å²) in [5.41, 5.74) is 2.60. The van der Waals surface area contributed by atoms with Gasteiger partial charge < -0.3 is 5.43 Å². The largest absolute Gasteiger partial charge is 0.308 e. The first-order chi connectivity index (χ1) is 8.06. The third-order valence-corrected chi connectivity index (χ3v) is 3.84. The second kappa shape index (κ2) is 6.81. The van der Waals surface area contributed by atoms with Crippen molar-refractivity contribution in [3.8, 4) is 0 Å². The van der Waals surface area contributed by atoms with Gasteiger partial charge in [-0.1, -0.05) is 34.1 Å². The van der Waals surface area contributed by atoms with Crippen LogP contribution >= 0.6 is 11.8 Å². The normalized spacial score (nSPS) is 12.8. The first kappa shape index (κ1) is 14.3. The van der Waals surface area contributed by atoms with Crippen LogP contribution in [-0.2, 0) is 0 Å². The molecule has 1 unspecified atom stereocenters. The summed E-state index contributed by atoms with van der Waals surface area (Å²) in [6, 6.07) is 1.90. The zero-order valence-electron chi connectivity index (χ0n) is 11.0. The second-order valence-corrected chi connectivity index (χ2v) is 5.61. The molecule has 1 aromatic heterocycles. The third kappa shape index (κ3) is 4.52. The highest BCUT2D eigenvalue weighted by atomic mass is 32.2. The van der Waals surface area contributed by atoms with Crippen molar-refractivity contribution >= 4 is 17.6 Å². The number of thioether (sulfide) groups is 1. The molecule has 0 bridgehead atoms. The van der Waals surface area contributed by atoms with Gasteiger partial charge in [0.1, 0.15) is 16.7 Å². The predicted molar refractivity (Wildman–Crippen MR) is 74.1 cm³/mol. The summed E-state index contributed by atoms with van der Waals surface area (Å²) in [6.07, 6.45) is 1.19. The highest BCUT2D eigenvalue weighted by molar-refractivity contribution is 7.99. The topological polar surface area (TPSA) is 63.8 Å². The highest BCUT2D eigenvalue weighted by Gasteiger charge is 2.09. The lowest BCUT2D eigenvalue weighted by atomic mass is 10.2. The molecule has 1 heterocycles. The van der Waals surface area contributed by atoms with Crippen molar-refractivity contribution in [1.82, 2.24) is 9.97 Å². The van der Waals surface area contributed by atoms with E-state index in [0.717, 1.165) is 16.6 Å². The van der Waals surface area contributed by atoms with E-state index in [-0.39, 0.29) is 0 Å². The summed E-state index contributed by atoms with van der Waals surface area (Å²) in [4.78, 5) is 8.88. The molecule has 96 valence electrons. The highest BCUT2D eigenvalue weighted by Crippen LogP contribution is 2.23. The average Bonchev–Trinajstić information content (AvgIpc) is 2.35. The maximum atomic E-state index is 5.42. The van der Waals surface area contributed by atoms with E-state index in [1.807, 2.05) is 6.07 Å². The molecule has 0 fully saturated rings. The number of hydrazine groups is 1. The summed E-state index contributed by atoms with van der Waals surface area (Å²) < 4.78 is 0. The molecular weight excluding hydrogens is 232 g/mol. The van der Waals surface area contributed by atoms with Gasteiger partial charge in [0.25, 0.3) is 0 Å². The molecule has 0 saturated heterocycles. The molecule has 0 aliphatic heterocycles. The Hall–Kier alpha value is -0.810. The Morgan fingerprint density at radius 1 is 1.35 bits per heavy atom. The van der Waals surface area contributed by atoms with Crippen molar-refractivity contribution in [3.05, 3.63) is 11.9 Å². The molecular formula is C12H22N4S. The Morgan fingerprint density at radius 3 is 2.59 bits per heavy atom. The van der Waals surface area contributed by atoms with Gasteiger partial charge in [-0.05, 0) is 5.92 Å². The lowest BCUT2D eigenvalue weighted by Gasteiger charge is -2.11. The Kier molecular flexibility index (Phi) is 5.71. The fraction of sp³-hybridized carbons (Fsp3) is 0.667. The van der Waals surface area contributed by atoms with Crippen molar-refractivity contribution in [1.29, 1.82) is 0 Å². The minimum atomic E-state index is 0.311. The van der Waals surface area contributed by atoms with Crippen LogP contribution in [0.15, 0.2) is 11.1 Å². The van der Waals surface area contributed by atoms with Crippen LogP contribution < -0.4 is 11.3 Å². The quantitative estimate of drug-likeness (QED) is 0.353. The van der Waals surface area contributed by atoms with Gasteiger partial charge in [0.15, 0.2) is 0 Å². The Morgan fingerprint density at radius 2 is 2.06 bits per heavy atom. The van der Waals surface area contributed by atoms with Gasteiger partial charge in [-0.15, -0.1) is 11.8 Å². The van der Waals surface area contributed by atoms with E-state index in [9.17, 15) is 0 Å². The lowest BCUT2D eigenvalue weighted by molar-refractivity contribution is 0.636. The van der Waals surface area contributed by atoms with E-state index in [1.165, 1.54) is 6.42 Å². The van der Waals surface area contributed by atoms with Crippen molar-refractivity contribution in [2.45, 2.75) is 45.1 Å². The maximum Gasteiger partial charge on any atom is 0.144 e. The summed E-state index contributed by atoms with van der Waals surface area (Å²) in [7, 11) is 0. The van der Waals surface area contributed by atoms with E-state index in [2.05, 4.69) is 43.1 Å². The maximum absolute atomic E-state index is 5.42. The first-order valence-electron chi connectivity index (χ1n) is 6.05. The number of rotatable bonds is 6. The molecule has 0 amide bonds. The van der Waals surface area contributed by atoms with Gasteiger partial charge in [-0.25, -0.2) is 15.8 Å². The number of anilines is 1. The molecule has 5 heteroatoms. The van der Waals surface area contributed by atoms with Crippen LogP contribution in [0.1, 0.15) is 45.9 Å². The molecule has 0 saturated carbocycles. The van der Waals surface area contributed by atoms with Crippen LogP contribution in [-0.4, -0.2) is 15.7 Å². The van der Waals surface area contributed by atoms with Gasteiger partial charge in [0.05, 0.1) is 0 Å². The van der Waals surface area contributed by atoms with Crippen LogP contribution in [0.4, 0.5) is 5.82 Å². The predicted octanol–water partition coefficient (Wildman–Crippen LogP) is 3.02. The number of hydrogen-bond donors (Lipinski definition) is 2.